The Morgan fingerprint density at radius 3 is 2.51 bits per heavy atom. The third kappa shape index (κ3) is 5.64. The van der Waals surface area contributed by atoms with E-state index >= 15 is 0 Å². The summed E-state index contributed by atoms with van der Waals surface area (Å²) in [5, 5.41) is 5.65. The molecule has 2 atom stereocenters. The highest BCUT2D eigenvalue weighted by Gasteiger charge is 2.38. The van der Waals surface area contributed by atoms with E-state index in [1.54, 1.807) is 46.2 Å². The van der Waals surface area contributed by atoms with Crippen molar-refractivity contribution in [1.82, 2.24) is 4.90 Å². The van der Waals surface area contributed by atoms with Gasteiger partial charge in [0, 0.05) is 18.3 Å². The molecule has 35 heavy (non-hydrogen) atoms. The third-order valence-corrected chi connectivity index (χ3v) is 8.23. The second-order valence-corrected chi connectivity index (χ2v) is 11.2. The average Bonchev–Trinajstić information content (AvgIpc) is 3.17. The second-order valence-electron chi connectivity index (χ2n) is 9.01. The first kappa shape index (κ1) is 24.7. The molecule has 2 aliphatic heterocycles. The Morgan fingerprint density at radius 1 is 1.14 bits per heavy atom. The van der Waals surface area contributed by atoms with Crippen LogP contribution in [0, 0.1) is 6.92 Å². The maximum atomic E-state index is 13.4. The van der Waals surface area contributed by atoms with Crippen molar-refractivity contribution in [2.24, 2.45) is 0 Å². The summed E-state index contributed by atoms with van der Waals surface area (Å²) in [6.07, 6.45) is 0.257. The number of nitrogens with one attached hydrogen (secondary N) is 2. The van der Waals surface area contributed by atoms with Gasteiger partial charge in [-0.25, -0.2) is 8.42 Å². The smallest absolute Gasteiger partial charge is 0.247 e. The Balaban J connectivity index is 1.55. The molecule has 9 nitrogen and oxygen atoms in total. The van der Waals surface area contributed by atoms with Crippen molar-refractivity contribution in [3.8, 4) is 0 Å². The average molecular weight is 499 g/mol. The quantitative estimate of drug-likeness (QED) is 0.605. The van der Waals surface area contributed by atoms with Crippen LogP contribution in [0.15, 0.2) is 48.5 Å². The van der Waals surface area contributed by atoms with E-state index in [9.17, 15) is 22.8 Å². The number of hydrogen-bond donors (Lipinski definition) is 2. The summed E-state index contributed by atoms with van der Waals surface area (Å²) in [7, 11) is -3.16. The van der Waals surface area contributed by atoms with Crippen molar-refractivity contribution in [3.05, 3.63) is 54.1 Å². The van der Waals surface area contributed by atoms with Crippen molar-refractivity contribution >= 4 is 44.6 Å². The fourth-order valence-electron chi connectivity index (χ4n) is 4.67. The minimum atomic E-state index is -3.16. The van der Waals surface area contributed by atoms with Gasteiger partial charge in [0.15, 0.2) is 9.84 Å². The van der Waals surface area contributed by atoms with Gasteiger partial charge in [-0.05, 0) is 44.5 Å². The van der Waals surface area contributed by atoms with Crippen LogP contribution in [0.3, 0.4) is 0 Å². The van der Waals surface area contributed by atoms with Gasteiger partial charge in [0.05, 0.1) is 35.8 Å². The van der Waals surface area contributed by atoms with Gasteiger partial charge in [0.25, 0.3) is 0 Å². The number of carbonyl (C=O) groups excluding carboxylic acids is 3. The van der Waals surface area contributed by atoms with E-state index in [0.29, 0.717) is 30.0 Å². The maximum absolute atomic E-state index is 13.4. The number of carbonyl (C=O) groups is 3. The monoisotopic (exact) mass is 498 g/mol. The number of anilines is 3. The standard InChI is InChI=1S/C25H30N4O5S/c1-3-28(19-12-13-35(33,34)16-19)24(31)15-29-21-7-5-4-6-20(21)27-25(32)22(29)14-23(30)26-18-10-8-17(2)9-11-18/h4-11,19,22H,3,12-16H2,1-2H3,(H,26,30)(H,27,32)/t19-,22+/m1/s1. The molecule has 0 spiro atoms. The molecule has 4 rings (SSSR count). The molecule has 10 heteroatoms. The number of hydrogen-bond acceptors (Lipinski definition) is 6. The summed E-state index contributed by atoms with van der Waals surface area (Å²) >= 11 is 0. The molecule has 0 saturated carbocycles. The van der Waals surface area contributed by atoms with Crippen LogP contribution >= 0.6 is 0 Å². The lowest BCUT2D eigenvalue weighted by atomic mass is 10.0. The first-order chi connectivity index (χ1) is 16.7. The molecule has 0 bridgehead atoms. The number of sulfone groups is 1. The Bertz CT molecular complexity index is 1230. The first-order valence-corrected chi connectivity index (χ1v) is 13.5. The molecule has 2 N–H and O–H groups in total. The molecule has 0 radical (unpaired) electrons. The van der Waals surface area contributed by atoms with Crippen molar-refractivity contribution in [3.63, 3.8) is 0 Å². The van der Waals surface area contributed by atoms with Crippen LogP contribution in [0.25, 0.3) is 0 Å². The molecular formula is C25H30N4O5S. The van der Waals surface area contributed by atoms with E-state index < -0.39 is 15.9 Å². The van der Waals surface area contributed by atoms with Crippen LogP contribution in [-0.2, 0) is 24.2 Å². The van der Waals surface area contributed by atoms with E-state index in [-0.39, 0.29) is 48.2 Å². The summed E-state index contributed by atoms with van der Waals surface area (Å²) in [5.74, 6) is -0.977. The lowest BCUT2D eigenvalue weighted by Crippen LogP contribution is -2.54. The van der Waals surface area contributed by atoms with Crippen LogP contribution in [0.1, 0.15) is 25.3 Å². The highest BCUT2D eigenvalue weighted by molar-refractivity contribution is 7.91. The molecular weight excluding hydrogens is 468 g/mol. The SMILES string of the molecule is CCN(C(=O)CN1c2ccccc2NC(=O)[C@@H]1CC(=O)Nc1ccc(C)cc1)[C@@H]1CCS(=O)(=O)C1. The molecule has 2 aliphatic rings. The number of rotatable bonds is 7. The Kier molecular flexibility index (Phi) is 7.11. The highest BCUT2D eigenvalue weighted by atomic mass is 32.2. The zero-order valence-electron chi connectivity index (χ0n) is 19.9. The predicted molar refractivity (Wildman–Crippen MR) is 135 cm³/mol. The minimum absolute atomic E-state index is 0.0496. The first-order valence-electron chi connectivity index (χ1n) is 11.7. The highest BCUT2D eigenvalue weighted by Crippen LogP contribution is 2.33. The van der Waals surface area contributed by atoms with Gasteiger partial charge in [-0.3, -0.25) is 14.4 Å². The van der Waals surface area contributed by atoms with E-state index in [0.717, 1.165) is 5.56 Å². The van der Waals surface area contributed by atoms with Gasteiger partial charge >= 0.3 is 0 Å². The Hall–Kier alpha value is -3.40. The molecule has 2 heterocycles. The minimum Gasteiger partial charge on any atom is -0.348 e. The van der Waals surface area contributed by atoms with Crippen molar-refractivity contribution in [2.45, 2.75) is 38.8 Å². The van der Waals surface area contributed by atoms with Gasteiger partial charge < -0.3 is 20.4 Å². The van der Waals surface area contributed by atoms with Crippen molar-refractivity contribution in [1.29, 1.82) is 0 Å². The number of aryl methyl sites for hydroxylation is 1. The molecule has 3 amide bonds. The Labute approximate surface area is 205 Å². The van der Waals surface area contributed by atoms with Crippen molar-refractivity contribution < 1.29 is 22.8 Å². The lowest BCUT2D eigenvalue weighted by Gasteiger charge is -2.39. The molecule has 2 aromatic rings. The van der Waals surface area contributed by atoms with Crippen LogP contribution in [-0.4, -0.2) is 67.7 Å². The number of nitrogens with zero attached hydrogens (tertiary/aromatic N) is 2. The van der Waals surface area contributed by atoms with E-state index in [2.05, 4.69) is 10.6 Å². The number of amides is 3. The second kappa shape index (κ2) is 10.1. The zero-order chi connectivity index (χ0) is 25.2. The summed E-state index contributed by atoms with van der Waals surface area (Å²) in [4.78, 5) is 42.5. The number of fused-ring (bicyclic) bond motifs is 1. The number of para-hydroxylation sites is 2. The van der Waals surface area contributed by atoms with Crippen LogP contribution in [0.5, 0.6) is 0 Å². The van der Waals surface area contributed by atoms with Crippen molar-refractivity contribution in [2.75, 3.05) is 40.1 Å². The molecule has 0 unspecified atom stereocenters. The molecule has 1 fully saturated rings. The Morgan fingerprint density at radius 2 is 1.86 bits per heavy atom. The number of benzene rings is 2. The number of likely N-dealkylation sites (N-methyl/N-ethyl adjacent to an activating group) is 1. The topological polar surface area (TPSA) is 116 Å². The van der Waals surface area contributed by atoms with Gasteiger partial charge in [-0.1, -0.05) is 29.8 Å². The van der Waals surface area contributed by atoms with E-state index in [1.165, 1.54) is 0 Å². The molecule has 2 aromatic carbocycles. The summed E-state index contributed by atoms with van der Waals surface area (Å²) in [6, 6.07) is 13.2. The summed E-state index contributed by atoms with van der Waals surface area (Å²) < 4.78 is 24.0. The molecule has 186 valence electrons. The van der Waals surface area contributed by atoms with Gasteiger partial charge in [-0.15, -0.1) is 0 Å². The lowest BCUT2D eigenvalue weighted by molar-refractivity contribution is -0.131. The molecule has 0 aliphatic carbocycles. The fraction of sp³-hybridized carbons (Fsp3) is 0.400. The normalized spacial score (nSPS) is 20.6. The maximum Gasteiger partial charge on any atom is 0.247 e. The van der Waals surface area contributed by atoms with Gasteiger partial charge in [0.2, 0.25) is 17.7 Å². The predicted octanol–water partition coefficient (Wildman–Crippen LogP) is 2.19. The largest absolute Gasteiger partial charge is 0.348 e. The molecule has 0 aromatic heterocycles. The molecule has 1 saturated heterocycles. The summed E-state index contributed by atoms with van der Waals surface area (Å²) in [6.45, 7) is 3.98. The van der Waals surface area contributed by atoms with E-state index in [4.69, 9.17) is 0 Å². The fourth-order valence-corrected chi connectivity index (χ4v) is 6.40. The summed E-state index contributed by atoms with van der Waals surface area (Å²) in [5.41, 5.74) is 2.89. The third-order valence-electron chi connectivity index (χ3n) is 6.48. The van der Waals surface area contributed by atoms with Crippen LogP contribution < -0.4 is 15.5 Å². The zero-order valence-corrected chi connectivity index (χ0v) is 20.7. The van der Waals surface area contributed by atoms with Gasteiger partial charge in [-0.2, -0.15) is 0 Å². The van der Waals surface area contributed by atoms with Crippen LogP contribution in [0.2, 0.25) is 0 Å². The van der Waals surface area contributed by atoms with Gasteiger partial charge in [0.1, 0.15) is 6.04 Å². The van der Waals surface area contributed by atoms with E-state index in [1.807, 2.05) is 26.0 Å². The van der Waals surface area contributed by atoms with Crippen LogP contribution in [0.4, 0.5) is 17.1 Å².